The molecule has 23 heavy (non-hydrogen) atoms. The summed E-state index contributed by atoms with van der Waals surface area (Å²) in [7, 11) is 5.03. The van der Waals surface area contributed by atoms with Crippen LogP contribution in [-0.2, 0) is 0 Å². The molecule has 0 N–H and O–H groups in total. The second-order valence-electron chi connectivity index (χ2n) is 6.75. The summed E-state index contributed by atoms with van der Waals surface area (Å²) in [5, 5.41) is 0. The maximum Gasteiger partial charge on any atom is 0.203 e. The van der Waals surface area contributed by atoms with Crippen molar-refractivity contribution in [3.8, 4) is 17.2 Å². The van der Waals surface area contributed by atoms with Gasteiger partial charge in [0.05, 0.1) is 21.3 Å². The molecule has 4 nitrogen and oxygen atoms in total. The van der Waals surface area contributed by atoms with Gasteiger partial charge in [0.25, 0.3) is 0 Å². The lowest BCUT2D eigenvalue weighted by atomic mass is 9.84. The van der Waals surface area contributed by atoms with E-state index in [-0.39, 0.29) is 0 Å². The molecular weight excluding hydrogens is 290 g/mol. The summed E-state index contributed by atoms with van der Waals surface area (Å²) in [4.78, 5) is 2.74. The van der Waals surface area contributed by atoms with Gasteiger partial charge in [0.15, 0.2) is 11.5 Å². The zero-order chi connectivity index (χ0) is 16.4. The zero-order valence-electron chi connectivity index (χ0n) is 14.8. The molecule has 3 rings (SSSR count). The van der Waals surface area contributed by atoms with Gasteiger partial charge < -0.3 is 14.2 Å². The van der Waals surface area contributed by atoms with E-state index < -0.39 is 0 Å². The third-order valence-electron chi connectivity index (χ3n) is 5.52. The lowest BCUT2D eigenvalue weighted by Crippen LogP contribution is -2.42. The van der Waals surface area contributed by atoms with Gasteiger partial charge in [-0.2, -0.15) is 0 Å². The molecule has 2 bridgehead atoms. The van der Waals surface area contributed by atoms with Crippen LogP contribution in [0.3, 0.4) is 0 Å². The van der Waals surface area contributed by atoms with Crippen LogP contribution < -0.4 is 14.2 Å². The van der Waals surface area contributed by atoms with Gasteiger partial charge in [0, 0.05) is 12.1 Å². The molecule has 2 atom stereocenters. The largest absolute Gasteiger partial charge is 0.493 e. The number of benzene rings is 1. The Morgan fingerprint density at radius 1 is 0.957 bits per heavy atom. The van der Waals surface area contributed by atoms with Crippen LogP contribution in [0.2, 0.25) is 0 Å². The second-order valence-corrected chi connectivity index (χ2v) is 6.75. The van der Waals surface area contributed by atoms with Crippen molar-refractivity contribution in [2.45, 2.75) is 57.0 Å². The quantitative estimate of drug-likeness (QED) is 0.797. The molecule has 4 heteroatoms. The number of fused-ring (bicyclic) bond motifs is 2. The Morgan fingerprint density at radius 3 is 1.96 bits per heavy atom. The Morgan fingerprint density at radius 2 is 1.52 bits per heavy atom. The fourth-order valence-electron chi connectivity index (χ4n) is 4.51. The van der Waals surface area contributed by atoms with Gasteiger partial charge in [-0.05, 0) is 62.3 Å². The van der Waals surface area contributed by atoms with Crippen molar-refractivity contribution in [3.63, 3.8) is 0 Å². The average molecular weight is 319 g/mol. The molecule has 2 heterocycles. The smallest absolute Gasteiger partial charge is 0.203 e. The Bertz CT molecular complexity index is 506. The van der Waals surface area contributed by atoms with Gasteiger partial charge in [0.2, 0.25) is 5.75 Å². The molecule has 0 aliphatic carbocycles. The average Bonchev–Trinajstić information content (AvgIpc) is 2.82. The van der Waals surface area contributed by atoms with Crippen LogP contribution in [0.15, 0.2) is 12.1 Å². The molecule has 0 spiro atoms. The fourth-order valence-corrected chi connectivity index (χ4v) is 4.51. The first kappa shape index (κ1) is 16.4. The Hall–Kier alpha value is -1.42. The van der Waals surface area contributed by atoms with E-state index in [0.717, 1.165) is 23.6 Å². The summed E-state index contributed by atoms with van der Waals surface area (Å²) in [6.45, 7) is 3.53. The number of hydrogen-bond acceptors (Lipinski definition) is 4. The third kappa shape index (κ3) is 3.01. The Kier molecular flexibility index (Phi) is 5.00. The standard InChI is InChI=1S/C19H29NO3/c1-5-8-20-15-6-7-16(20)10-13(9-15)14-11-17(21-2)19(23-4)18(12-14)22-3/h11-13,15-16H,5-10H2,1-4H3/t15-,16-/m0/s1. The summed E-state index contributed by atoms with van der Waals surface area (Å²) in [6.07, 6.45) is 6.45. The lowest BCUT2D eigenvalue weighted by Gasteiger charge is -2.39. The van der Waals surface area contributed by atoms with Crippen LogP contribution in [-0.4, -0.2) is 44.9 Å². The molecular formula is C19H29NO3. The lowest BCUT2D eigenvalue weighted by molar-refractivity contribution is 0.126. The number of rotatable bonds is 6. The van der Waals surface area contributed by atoms with Crippen molar-refractivity contribution < 1.29 is 14.2 Å². The first-order valence-electron chi connectivity index (χ1n) is 8.77. The Balaban J connectivity index is 1.86. The molecule has 1 aromatic carbocycles. The first-order valence-corrected chi connectivity index (χ1v) is 8.77. The van der Waals surface area contributed by atoms with E-state index >= 15 is 0 Å². The third-order valence-corrected chi connectivity index (χ3v) is 5.52. The van der Waals surface area contributed by atoms with Crippen molar-refractivity contribution in [3.05, 3.63) is 17.7 Å². The van der Waals surface area contributed by atoms with Crippen molar-refractivity contribution >= 4 is 0 Å². The van der Waals surface area contributed by atoms with E-state index in [1.54, 1.807) is 21.3 Å². The van der Waals surface area contributed by atoms with Crippen molar-refractivity contribution in [1.82, 2.24) is 4.90 Å². The van der Waals surface area contributed by atoms with Crippen LogP contribution in [0.4, 0.5) is 0 Å². The topological polar surface area (TPSA) is 30.9 Å². The second kappa shape index (κ2) is 7.00. The molecule has 0 saturated carbocycles. The van der Waals surface area contributed by atoms with Gasteiger partial charge in [-0.1, -0.05) is 6.92 Å². The number of hydrogen-bond donors (Lipinski definition) is 0. The summed E-state index contributed by atoms with van der Waals surface area (Å²) in [5.41, 5.74) is 1.33. The van der Waals surface area contributed by atoms with Crippen molar-refractivity contribution in [1.29, 1.82) is 0 Å². The van der Waals surface area contributed by atoms with Gasteiger partial charge in [-0.15, -0.1) is 0 Å². The highest BCUT2D eigenvalue weighted by Crippen LogP contribution is 2.46. The summed E-state index contributed by atoms with van der Waals surface area (Å²) in [6, 6.07) is 5.78. The molecule has 2 fully saturated rings. The van der Waals surface area contributed by atoms with Gasteiger partial charge >= 0.3 is 0 Å². The molecule has 0 radical (unpaired) electrons. The summed E-state index contributed by atoms with van der Waals surface area (Å²) >= 11 is 0. The maximum absolute atomic E-state index is 5.52. The van der Waals surface area contributed by atoms with Crippen molar-refractivity contribution in [2.75, 3.05) is 27.9 Å². The van der Waals surface area contributed by atoms with Gasteiger partial charge in [-0.25, -0.2) is 0 Å². The highest BCUT2D eigenvalue weighted by atomic mass is 16.5. The van der Waals surface area contributed by atoms with Crippen molar-refractivity contribution in [2.24, 2.45) is 0 Å². The summed E-state index contributed by atoms with van der Waals surface area (Å²) < 4.78 is 16.5. The van der Waals surface area contributed by atoms with Crippen LogP contribution in [0, 0.1) is 0 Å². The number of nitrogens with zero attached hydrogens (tertiary/aromatic N) is 1. The normalized spacial score (nSPS) is 27.0. The monoisotopic (exact) mass is 319 g/mol. The zero-order valence-corrected chi connectivity index (χ0v) is 14.8. The number of ether oxygens (including phenoxy) is 3. The molecule has 2 aliphatic heterocycles. The predicted octanol–water partition coefficient (Wildman–Crippen LogP) is 3.83. The van der Waals surface area contributed by atoms with Crippen LogP contribution in [0.1, 0.15) is 50.5 Å². The van der Waals surface area contributed by atoms with Crippen LogP contribution in [0.5, 0.6) is 17.2 Å². The molecule has 0 unspecified atom stereocenters. The van der Waals surface area contributed by atoms with E-state index in [1.165, 1.54) is 44.2 Å². The van der Waals surface area contributed by atoms with E-state index in [0.29, 0.717) is 11.7 Å². The first-order chi connectivity index (χ1) is 11.2. The molecule has 1 aromatic rings. The molecule has 128 valence electrons. The van der Waals surface area contributed by atoms with Crippen LogP contribution >= 0.6 is 0 Å². The molecule has 0 aromatic heterocycles. The van der Waals surface area contributed by atoms with E-state index in [1.807, 2.05) is 0 Å². The molecule has 2 saturated heterocycles. The highest BCUT2D eigenvalue weighted by Gasteiger charge is 2.40. The number of methoxy groups -OCH3 is 3. The van der Waals surface area contributed by atoms with Crippen LogP contribution in [0.25, 0.3) is 0 Å². The molecule has 0 amide bonds. The minimum atomic E-state index is 0.592. The van der Waals surface area contributed by atoms with E-state index in [4.69, 9.17) is 14.2 Å². The maximum atomic E-state index is 5.52. The highest BCUT2D eigenvalue weighted by molar-refractivity contribution is 5.54. The number of piperidine rings is 1. The van der Waals surface area contributed by atoms with Gasteiger partial charge in [0.1, 0.15) is 0 Å². The summed E-state index contributed by atoms with van der Waals surface area (Å²) in [5.74, 6) is 2.81. The predicted molar refractivity (Wildman–Crippen MR) is 91.9 cm³/mol. The van der Waals surface area contributed by atoms with E-state index in [9.17, 15) is 0 Å². The minimum absolute atomic E-state index is 0.592. The fraction of sp³-hybridized carbons (Fsp3) is 0.684. The van der Waals surface area contributed by atoms with E-state index in [2.05, 4.69) is 24.0 Å². The SMILES string of the molecule is CCCN1[C@H]2CC[C@H]1CC(c1cc(OC)c(OC)c(OC)c1)C2. The molecule has 2 aliphatic rings. The Labute approximate surface area is 139 Å². The minimum Gasteiger partial charge on any atom is -0.493 e. The van der Waals surface area contributed by atoms with Gasteiger partial charge in [-0.3, -0.25) is 4.90 Å².